The van der Waals surface area contributed by atoms with Gasteiger partial charge in [0.1, 0.15) is 17.2 Å². The zero-order valence-electron chi connectivity index (χ0n) is 30.0. The lowest BCUT2D eigenvalue weighted by molar-refractivity contribution is 0.451. The van der Waals surface area contributed by atoms with E-state index < -0.39 is 5.41 Å². The van der Waals surface area contributed by atoms with Crippen molar-refractivity contribution in [2.24, 2.45) is 0 Å². The van der Waals surface area contributed by atoms with Crippen molar-refractivity contribution in [1.29, 1.82) is 0 Å². The Bertz CT molecular complexity index is 2850. The molecule has 0 atom stereocenters. The number of hydrogen-bond donors (Lipinski definition) is 0. The van der Waals surface area contributed by atoms with Gasteiger partial charge in [-0.3, -0.25) is 0 Å². The standard InChI is InChI=1S/C51H31NO2S2/c1-3-15-33(16-4-1)52(34-17-5-2-6-18-34)42-30-41-37(49-50(42)56-47-26-14-12-24-44(47)54-49)28-27-32-29-45-48(55-46-25-13-11-23-43(46)53-45)31-40(32)51(41)38-21-9-7-19-35(38)36-20-8-10-22-39(36)51/h1-31H. The molecule has 0 saturated heterocycles. The number of fused-ring (bicyclic) bond motifs is 14. The summed E-state index contributed by atoms with van der Waals surface area (Å²) < 4.78 is 13.8. The Kier molecular flexibility index (Phi) is 7.01. The Hall–Kier alpha value is -6.40. The molecular formula is C51H31NO2S2. The summed E-state index contributed by atoms with van der Waals surface area (Å²) >= 11 is 3.56. The van der Waals surface area contributed by atoms with Crippen LogP contribution in [0.3, 0.4) is 0 Å². The van der Waals surface area contributed by atoms with Crippen molar-refractivity contribution < 1.29 is 9.47 Å². The summed E-state index contributed by atoms with van der Waals surface area (Å²) in [7, 11) is 0. The van der Waals surface area contributed by atoms with Crippen molar-refractivity contribution in [3.8, 4) is 34.1 Å². The van der Waals surface area contributed by atoms with Crippen molar-refractivity contribution in [2.45, 2.75) is 25.0 Å². The quantitative estimate of drug-likeness (QED) is 0.179. The monoisotopic (exact) mass is 753 g/mol. The molecule has 0 bridgehead atoms. The molecule has 0 saturated carbocycles. The number of para-hydroxylation sites is 4. The van der Waals surface area contributed by atoms with Crippen molar-refractivity contribution >= 4 is 52.7 Å². The van der Waals surface area contributed by atoms with Crippen LogP contribution in [0.2, 0.25) is 0 Å². The molecule has 0 aromatic heterocycles. The topological polar surface area (TPSA) is 21.7 Å². The van der Waals surface area contributed by atoms with Gasteiger partial charge < -0.3 is 14.4 Å². The lowest BCUT2D eigenvalue weighted by atomic mass is 9.65. The van der Waals surface area contributed by atoms with E-state index in [0.717, 1.165) is 70.8 Å². The molecule has 2 aliphatic heterocycles. The maximum atomic E-state index is 7.19. The van der Waals surface area contributed by atoms with Gasteiger partial charge in [0.25, 0.3) is 0 Å². The maximum absolute atomic E-state index is 7.19. The van der Waals surface area contributed by atoms with Gasteiger partial charge in [0.15, 0.2) is 5.75 Å². The first kappa shape index (κ1) is 31.9. The Labute approximate surface area is 333 Å². The largest absolute Gasteiger partial charge is 0.455 e. The summed E-state index contributed by atoms with van der Waals surface area (Å²) in [6, 6.07) is 63.2. The zero-order valence-corrected chi connectivity index (χ0v) is 31.6. The molecule has 12 rings (SSSR count). The second-order valence-electron chi connectivity index (χ2n) is 14.4. The number of anilines is 3. The molecule has 2 heterocycles. The van der Waals surface area contributed by atoms with E-state index in [4.69, 9.17) is 9.47 Å². The molecule has 1 spiro atoms. The molecule has 0 N–H and O–H groups in total. The Morgan fingerprint density at radius 1 is 0.429 bits per heavy atom. The van der Waals surface area contributed by atoms with E-state index in [0.29, 0.717) is 0 Å². The highest BCUT2D eigenvalue weighted by atomic mass is 32.2. The third-order valence-corrected chi connectivity index (χ3v) is 13.6. The summed E-state index contributed by atoms with van der Waals surface area (Å²) in [6.07, 6.45) is 4.57. The van der Waals surface area contributed by atoms with E-state index in [9.17, 15) is 0 Å². The molecule has 0 amide bonds. The highest BCUT2D eigenvalue weighted by Gasteiger charge is 2.50. The highest BCUT2D eigenvalue weighted by Crippen LogP contribution is 2.64. The molecule has 2 aliphatic carbocycles. The number of ether oxygens (including phenoxy) is 2. The minimum atomic E-state index is -0.693. The van der Waals surface area contributed by atoms with Gasteiger partial charge in [0, 0.05) is 16.9 Å². The van der Waals surface area contributed by atoms with Gasteiger partial charge in [-0.05, 0) is 106 Å². The minimum Gasteiger partial charge on any atom is -0.455 e. The van der Waals surface area contributed by atoms with Gasteiger partial charge in [-0.25, -0.2) is 0 Å². The molecule has 4 aliphatic rings. The third-order valence-electron chi connectivity index (χ3n) is 11.4. The summed E-state index contributed by atoms with van der Waals surface area (Å²) in [4.78, 5) is 6.79. The van der Waals surface area contributed by atoms with Crippen molar-refractivity contribution in [1.82, 2.24) is 0 Å². The van der Waals surface area contributed by atoms with Crippen molar-refractivity contribution in [2.75, 3.05) is 4.90 Å². The van der Waals surface area contributed by atoms with E-state index in [1.165, 1.54) is 33.4 Å². The first-order valence-corrected chi connectivity index (χ1v) is 20.5. The first-order chi connectivity index (χ1) is 27.8. The fourth-order valence-corrected chi connectivity index (χ4v) is 11.1. The van der Waals surface area contributed by atoms with Gasteiger partial charge in [-0.2, -0.15) is 0 Å². The van der Waals surface area contributed by atoms with Gasteiger partial charge >= 0.3 is 0 Å². The van der Waals surface area contributed by atoms with E-state index in [2.05, 4.69) is 187 Å². The number of benzene rings is 8. The van der Waals surface area contributed by atoms with E-state index in [1.807, 2.05) is 6.07 Å². The van der Waals surface area contributed by atoms with Crippen LogP contribution in [0.1, 0.15) is 33.4 Å². The zero-order chi connectivity index (χ0) is 36.8. The molecule has 264 valence electrons. The molecule has 5 heteroatoms. The second kappa shape index (κ2) is 12.3. The molecule has 0 radical (unpaired) electrons. The molecule has 8 aromatic carbocycles. The van der Waals surface area contributed by atoms with Gasteiger partial charge in [-0.1, -0.05) is 145 Å². The van der Waals surface area contributed by atoms with E-state index in [-0.39, 0.29) is 0 Å². The number of hydrogen-bond acceptors (Lipinski definition) is 5. The van der Waals surface area contributed by atoms with Gasteiger partial charge in [-0.15, -0.1) is 0 Å². The first-order valence-electron chi connectivity index (χ1n) is 18.8. The molecule has 56 heavy (non-hydrogen) atoms. The van der Waals surface area contributed by atoms with Crippen molar-refractivity contribution in [3.63, 3.8) is 0 Å². The van der Waals surface area contributed by atoms with Crippen LogP contribution < -0.4 is 14.4 Å². The smallest absolute Gasteiger partial charge is 0.151 e. The van der Waals surface area contributed by atoms with Gasteiger partial charge in [0.05, 0.1) is 30.7 Å². The molecule has 3 nitrogen and oxygen atoms in total. The molecule has 0 fully saturated rings. The summed E-state index contributed by atoms with van der Waals surface area (Å²) in [5, 5.41) is 0. The Morgan fingerprint density at radius 2 is 1.00 bits per heavy atom. The SMILES string of the molecule is C1=Cc2c(cc(N(c3ccccc3)c3ccccc3)c3c2Oc2ccccc2S3)C2(c3cc4c(cc31)Oc1ccccc1S4)c1ccccc1-c1ccccc12. The van der Waals surface area contributed by atoms with E-state index >= 15 is 0 Å². The highest BCUT2D eigenvalue weighted by molar-refractivity contribution is 8.00. The summed E-state index contributed by atoms with van der Waals surface area (Å²) in [5.74, 6) is 3.50. The average molecular weight is 754 g/mol. The van der Waals surface area contributed by atoms with Crippen LogP contribution in [0.4, 0.5) is 17.1 Å². The van der Waals surface area contributed by atoms with Crippen LogP contribution in [-0.4, -0.2) is 0 Å². The predicted molar refractivity (Wildman–Crippen MR) is 229 cm³/mol. The van der Waals surface area contributed by atoms with Crippen LogP contribution in [0.5, 0.6) is 23.0 Å². The fraction of sp³-hybridized carbons (Fsp3) is 0.0196. The lowest BCUT2D eigenvalue weighted by Crippen LogP contribution is -2.31. The van der Waals surface area contributed by atoms with Crippen LogP contribution in [-0.2, 0) is 5.41 Å². The van der Waals surface area contributed by atoms with Crippen LogP contribution in [0.15, 0.2) is 196 Å². The molecule has 8 aromatic rings. The van der Waals surface area contributed by atoms with Crippen molar-refractivity contribution in [3.05, 3.63) is 209 Å². The second-order valence-corrected chi connectivity index (χ2v) is 16.5. The fourth-order valence-electron chi connectivity index (χ4n) is 9.09. The van der Waals surface area contributed by atoms with Gasteiger partial charge in [0.2, 0.25) is 0 Å². The number of nitrogens with zero attached hydrogens (tertiary/aromatic N) is 1. The molecule has 0 unspecified atom stereocenters. The third kappa shape index (κ3) is 4.56. The minimum absolute atomic E-state index is 0.693. The van der Waals surface area contributed by atoms with Crippen LogP contribution >= 0.6 is 23.5 Å². The maximum Gasteiger partial charge on any atom is 0.151 e. The lowest BCUT2D eigenvalue weighted by Gasteiger charge is -2.39. The number of rotatable bonds is 3. The van der Waals surface area contributed by atoms with Crippen LogP contribution in [0.25, 0.3) is 23.3 Å². The van der Waals surface area contributed by atoms with E-state index in [1.54, 1.807) is 23.5 Å². The Morgan fingerprint density at radius 3 is 1.68 bits per heavy atom. The predicted octanol–water partition coefficient (Wildman–Crippen LogP) is 14.5. The van der Waals surface area contributed by atoms with Crippen LogP contribution in [0, 0.1) is 0 Å². The normalized spacial score (nSPS) is 14.3. The Balaban J connectivity index is 1.23. The molecular weight excluding hydrogens is 723 g/mol. The summed E-state index contributed by atoms with van der Waals surface area (Å²) in [6.45, 7) is 0. The summed E-state index contributed by atoms with van der Waals surface area (Å²) in [5.41, 5.74) is 12.1. The average Bonchev–Trinajstić information content (AvgIpc) is 3.47.